The lowest BCUT2D eigenvalue weighted by molar-refractivity contribution is -0.138. The van der Waals surface area contributed by atoms with Crippen LogP contribution in [0, 0.1) is 0 Å². The summed E-state index contributed by atoms with van der Waals surface area (Å²) < 4.78 is 5.32. The van der Waals surface area contributed by atoms with Crippen LogP contribution >= 0.6 is 0 Å². The van der Waals surface area contributed by atoms with E-state index in [9.17, 15) is 14.7 Å². The average molecular weight is 305 g/mol. The Balaban J connectivity index is 2.42. The van der Waals surface area contributed by atoms with Crippen LogP contribution in [0.4, 0.5) is 10.5 Å². The summed E-state index contributed by atoms with van der Waals surface area (Å²) in [6.07, 6.45) is 0.905. The zero-order chi connectivity index (χ0) is 16.5. The standard InChI is InChI=1S/C15H19N3O4/c1-9(13(19)20)18(14(21)22-15(2,3)4)11-5-6-12-10(7-11)8-16-17-12/h5-9H,1-4H3,(H,16,17)(H,19,20)/t9-/m0/s1. The summed E-state index contributed by atoms with van der Waals surface area (Å²) in [7, 11) is 0. The number of rotatable bonds is 3. The minimum atomic E-state index is -1.11. The van der Waals surface area contributed by atoms with E-state index in [1.165, 1.54) is 6.92 Å². The number of carboxylic acids is 1. The quantitative estimate of drug-likeness (QED) is 0.909. The second-order valence-electron chi connectivity index (χ2n) is 6.01. The van der Waals surface area contributed by atoms with Crippen molar-refractivity contribution in [2.24, 2.45) is 0 Å². The molecule has 0 unspecified atom stereocenters. The molecule has 0 aliphatic heterocycles. The number of aliphatic carboxylic acids is 1. The largest absolute Gasteiger partial charge is 0.480 e. The number of benzene rings is 1. The fraction of sp³-hybridized carbons (Fsp3) is 0.400. The van der Waals surface area contributed by atoms with Crippen molar-refractivity contribution in [1.82, 2.24) is 10.2 Å². The van der Waals surface area contributed by atoms with Gasteiger partial charge in [0.25, 0.3) is 0 Å². The second-order valence-corrected chi connectivity index (χ2v) is 6.01. The summed E-state index contributed by atoms with van der Waals surface area (Å²) in [5.41, 5.74) is 0.529. The summed E-state index contributed by atoms with van der Waals surface area (Å²) >= 11 is 0. The van der Waals surface area contributed by atoms with Gasteiger partial charge in [0.15, 0.2) is 0 Å². The van der Waals surface area contributed by atoms with Gasteiger partial charge in [-0.2, -0.15) is 5.10 Å². The van der Waals surface area contributed by atoms with E-state index in [4.69, 9.17) is 4.74 Å². The Bertz CT molecular complexity index is 702. The summed E-state index contributed by atoms with van der Waals surface area (Å²) in [5.74, 6) is -1.11. The molecule has 2 aromatic rings. The number of hydrogen-bond donors (Lipinski definition) is 2. The van der Waals surface area contributed by atoms with Crippen molar-refractivity contribution in [3.8, 4) is 0 Å². The van der Waals surface area contributed by atoms with E-state index in [0.29, 0.717) is 5.69 Å². The van der Waals surface area contributed by atoms with Crippen molar-refractivity contribution in [1.29, 1.82) is 0 Å². The van der Waals surface area contributed by atoms with Crippen molar-refractivity contribution >= 4 is 28.7 Å². The van der Waals surface area contributed by atoms with Crippen LogP contribution in [0.3, 0.4) is 0 Å². The molecule has 0 aliphatic carbocycles. The molecule has 7 nitrogen and oxygen atoms in total. The van der Waals surface area contributed by atoms with E-state index in [1.807, 2.05) is 0 Å². The van der Waals surface area contributed by atoms with E-state index in [-0.39, 0.29) is 0 Å². The first-order valence-electron chi connectivity index (χ1n) is 6.87. The molecule has 1 amide bonds. The van der Waals surface area contributed by atoms with Crippen LogP contribution in [-0.2, 0) is 9.53 Å². The number of fused-ring (bicyclic) bond motifs is 1. The Kier molecular flexibility index (Phi) is 4.07. The number of amides is 1. The third-order valence-corrected chi connectivity index (χ3v) is 3.04. The second kappa shape index (κ2) is 5.67. The number of nitrogens with zero attached hydrogens (tertiary/aromatic N) is 2. The van der Waals surface area contributed by atoms with E-state index in [0.717, 1.165) is 15.8 Å². The number of nitrogens with one attached hydrogen (secondary N) is 1. The number of aromatic amines is 1. The van der Waals surface area contributed by atoms with E-state index < -0.39 is 23.7 Å². The molecule has 1 aromatic heterocycles. The summed E-state index contributed by atoms with van der Waals surface area (Å²) in [5, 5.41) is 16.8. The van der Waals surface area contributed by atoms with Crippen LogP contribution in [0.15, 0.2) is 24.4 Å². The third-order valence-electron chi connectivity index (χ3n) is 3.04. The van der Waals surface area contributed by atoms with Crippen LogP contribution in [0.5, 0.6) is 0 Å². The molecule has 0 radical (unpaired) electrons. The minimum Gasteiger partial charge on any atom is -0.480 e. The fourth-order valence-corrected chi connectivity index (χ4v) is 1.99. The fourth-order valence-electron chi connectivity index (χ4n) is 1.99. The zero-order valence-electron chi connectivity index (χ0n) is 13.0. The molecule has 22 heavy (non-hydrogen) atoms. The van der Waals surface area contributed by atoms with Gasteiger partial charge in [0.05, 0.1) is 11.7 Å². The lowest BCUT2D eigenvalue weighted by atomic mass is 10.2. The Morgan fingerprint density at radius 3 is 2.64 bits per heavy atom. The SMILES string of the molecule is C[C@@H](C(=O)O)N(C(=O)OC(C)(C)C)c1ccc2[nH]ncc2c1. The van der Waals surface area contributed by atoms with E-state index in [2.05, 4.69) is 10.2 Å². The van der Waals surface area contributed by atoms with Crippen LogP contribution in [0.25, 0.3) is 10.9 Å². The van der Waals surface area contributed by atoms with Crippen molar-refractivity contribution < 1.29 is 19.4 Å². The molecule has 0 saturated carbocycles. The van der Waals surface area contributed by atoms with Gasteiger partial charge in [-0.25, -0.2) is 9.59 Å². The first-order chi connectivity index (χ1) is 10.2. The normalized spacial score (nSPS) is 12.9. The number of aromatic nitrogens is 2. The predicted molar refractivity (Wildman–Crippen MR) is 81.9 cm³/mol. The lowest BCUT2D eigenvalue weighted by Crippen LogP contribution is -2.46. The molecule has 0 saturated heterocycles. The Labute approximate surface area is 127 Å². The minimum absolute atomic E-state index is 0.443. The third kappa shape index (κ3) is 3.36. The molecule has 1 atom stereocenters. The lowest BCUT2D eigenvalue weighted by Gasteiger charge is -2.29. The molecular weight excluding hydrogens is 286 g/mol. The number of anilines is 1. The first-order valence-corrected chi connectivity index (χ1v) is 6.87. The van der Waals surface area contributed by atoms with Crippen LogP contribution in [0.2, 0.25) is 0 Å². The molecule has 2 rings (SSSR count). The van der Waals surface area contributed by atoms with Crippen molar-refractivity contribution in [2.45, 2.75) is 39.3 Å². The van der Waals surface area contributed by atoms with Gasteiger partial charge < -0.3 is 9.84 Å². The Hall–Kier alpha value is -2.57. The molecular formula is C15H19N3O4. The molecule has 1 aromatic carbocycles. The van der Waals surface area contributed by atoms with Gasteiger partial charge in [-0.3, -0.25) is 10.00 Å². The summed E-state index contributed by atoms with van der Waals surface area (Å²) in [4.78, 5) is 24.9. The average Bonchev–Trinajstić information content (AvgIpc) is 2.83. The van der Waals surface area contributed by atoms with Gasteiger partial charge in [0.2, 0.25) is 0 Å². The molecule has 0 aliphatic rings. The van der Waals surface area contributed by atoms with E-state index >= 15 is 0 Å². The smallest absolute Gasteiger partial charge is 0.415 e. The first kappa shape index (κ1) is 15.8. The van der Waals surface area contributed by atoms with Gasteiger partial charge in [-0.15, -0.1) is 0 Å². The van der Waals surface area contributed by atoms with Crippen LogP contribution in [-0.4, -0.2) is 39.0 Å². The Morgan fingerprint density at radius 1 is 1.36 bits per heavy atom. The van der Waals surface area contributed by atoms with Gasteiger partial charge in [-0.1, -0.05) is 0 Å². The maximum atomic E-state index is 12.4. The summed E-state index contributed by atoms with van der Waals surface area (Å²) in [6.45, 7) is 6.63. The van der Waals surface area contributed by atoms with Crippen molar-refractivity contribution in [3.63, 3.8) is 0 Å². The number of carbonyl (C=O) groups excluding carboxylic acids is 1. The zero-order valence-corrected chi connectivity index (χ0v) is 13.0. The molecule has 118 valence electrons. The van der Waals surface area contributed by atoms with E-state index in [1.54, 1.807) is 45.2 Å². The van der Waals surface area contributed by atoms with Gasteiger partial charge in [0, 0.05) is 11.1 Å². The highest BCUT2D eigenvalue weighted by molar-refractivity contribution is 5.97. The number of carboxylic acid groups (broad SMARTS) is 1. The van der Waals surface area contributed by atoms with Crippen LogP contribution in [0.1, 0.15) is 27.7 Å². The molecule has 0 bridgehead atoms. The molecule has 2 N–H and O–H groups in total. The highest BCUT2D eigenvalue weighted by Gasteiger charge is 2.31. The van der Waals surface area contributed by atoms with Gasteiger partial charge in [-0.05, 0) is 45.9 Å². The number of H-pyrrole nitrogens is 1. The maximum absolute atomic E-state index is 12.4. The maximum Gasteiger partial charge on any atom is 0.415 e. The molecule has 7 heteroatoms. The monoisotopic (exact) mass is 305 g/mol. The number of carbonyl (C=O) groups is 2. The molecule has 1 heterocycles. The highest BCUT2D eigenvalue weighted by Crippen LogP contribution is 2.24. The Morgan fingerprint density at radius 2 is 2.05 bits per heavy atom. The van der Waals surface area contributed by atoms with Gasteiger partial charge in [0.1, 0.15) is 11.6 Å². The van der Waals surface area contributed by atoms with Gasteiger partial charge >= 0.3 is 12.1 Å². The number of hydrogen-bond acceptors (Lipinski definition) is 4. The predicted octanol–water partition coefficient (Wildman–Crippen LogP) is 2.78. The van der Waals surface area contributed by atoms with Crippen LogP contribution < -0.4 is 4.90 Å². The highest BCUT2D eigenvalue weighted by atomic mass is 16.6. The van der Waals surface area contributed by atoms with Crippen molar-refractivity contribution in [2.75, 3.05) is 4.90 Å². The molecule has 0 spiro atoms. The molecule has 0 fully saturated rings. The topological polar surface area (TPSA) is 95.5 Å². The summed E-state index contributed by atoms with van der Waals surface area (Å²) in [6, 6.07) is 4.04. The number of ether oxygens (including phenoxy) is 1. The van der Waals surface area contributed by atoms with Crippen molar-refractivity contribution in [3.05, 3.63) is 24.4 Å².